The summed E-state index contributed by atoms with van der Waals surface area (Å²) in [5.74, 6) is -1.51. The Labute approximate surface area is 226 Å². The van der Waals surface area contributed by atoms with Gasteiger partial charge in [-0.3, -0.25) is 9.52 Å². The van der Waals surface area contributed by atoms with Crippen LogP contribution in [0, 0.1) is 0 Å². The van der Waals surface area contributed by atoms with Crippen molar-refractivity contribution in [1.82, 2.24) is 0 Å². The number of rotatable bonds is 9. The topological polar surface area (TPSA) is 130 Å². The number of aliphatic hydroxyl groups is 1. The first-order valence-electron chi connectivity index (χ1n) is 12.1. The van der Waals surface area contributed by atoms with Crippen LogP contribution in [-0.2, 0) is 14.8 Å². The molecule has 9 heteroatoms. The minimum absolute atomic E-state index is 0.0411. The predicted octanol–water partition coefficient (Wildman–Crippen LogP) is 5.34. The van der Waals surface area contributed by atoms with E-state index < -0.39 is 33.6 Å². The Bertz CT molecular complexity index is 1620. The number of nitrogens with one attached hydrogen (secondary N) is 1. The molecule has 3 N–H and O–H groups in total. The Morgan fingerprint density at radius 2 is 1.44 bits per heavy atom. The smallest absolute Gasteiger partial charge is 0.338 e. The van der Waals surface area contributed by atoms with Gasteiger partial charge in [0, 0.05) is 17.2 Å². The van der Waals surface area contributed by atoms with Gasteiger partial charge in [-0.15, -0.1) is 0 Å². The molecule has 0 aliphatic rings. The highest BCUT2D eigenvalue weighted by Gasteiger charge is 2.23. The Morgan fingerprint density at radius 3 is 2.10 bits per heavy atom. The van der Waals surface area contributed by atoms with E-state index in [9.17, 15) is 28.2 Å². The first-order valence-corrected chi connectivity index (χ1v) is 13.6. The SMILES string of the molecule is CC(C)OC(=O)c1cccc(-c2cccc(S(=O)(=O)Nc3ccc(C(O)C(=O)c4ccccc4)c(O)c3)c2)c1. The first kappa shape index (κ1) is 27.6. The first-order chi connectivity index (χ1) is 18.5. The minimum Gasteiger partial charge on any atom is -0.507 e. The normalized spacial score (nSPS) is 12.1. The van der Waals surface area contributed by atoms with E-state index in [0.29, 0.717) is 16.7 Å². The van der Waals surface area contributed by atoms with E-state index in [2.05, 4.69) is 4.72 Å². The van der Waals surface area contributed by atoms with Crippen LogP contribution in [0.5, 0.6) is 5.75 Å². The molecule has 0 bridgehead atoms. The van der Waals surface area contributed by atoms with E-state index in [-0.39, 0.29) is 27.8 Å². The van der Waals surface area contributed by atoms with Crippen molar-refractivity contribution in [3.63, 3.8) is 0 Å². The quantitative estimate of drug-likeness (QED) is 0.191. The molecule has 0 saturated carbocycles. The molecule has 0 saturated heterocycles. The van der Waals surface area contributed by atoms with Gasteiger partial charge in [0.05, 0.1) is 22.3 Å². The molecule has 4 rings (SSSR count). The molecule has 1 atom stereocenters. The zero-order valence-electron chi connectivity index (χ0n) is 21.2. The van der Waals surface area contributed by atoms with E-state index in [1.54, 1.807) is 80.6 Å². The van der Waals surface area contributed by atoms with Gasteiger partial charge in [0.15, 0.2) is 5.78 Å². The number of benzene rings is 4. The van der Waals surface area contributed by atoms with Crippen LogP contribution in [-0.4, -0.2) is 36.5 Å². The molecule has 0 amide bonds. The number of hydrogen-bond donors (Lipinski definition) is 3. The van der Waals surface area contributed by atoms with Gasteiger partial charge >= 0.3 is 5.97 Å². The van der Waals surface area contributed by atoms with Crippen LogP contribution in [0.2, 0.25) is 0 Å². The third kappa shape index (κ3) is 6.51. The molecule has 39 heavy (non-hydrogen) atoms. The number of carbonyl (C=O) groups is 2. The van der Waals surface area contributed by atoms with Crippen LogP contribution in [0.1, 0.15) is 46.2 Å². The number of Topliss-reactive ketones (excluding diaryl/α,β-unsaturated/α-hetero) is 1. The lowest BCUT2D eigenvalue weighted by Crippen LogP contribution is -2.14. The van der Waals surface area contributed by atoms with Gasteiger partial charge in [-0.1, -0.05) is 60.7 Å². The van der Waals surface area contributed by atoms with Gasteiger partial charge in [0.2, 0.25) is 0 Å². The van der Waals surface area contributed by atoms with E-state index in [1.165, 1.54) is 24.3 Å². The molecule has 0 aromatic heterocycles. The molecule has 0 spiro atoms. The Hall–Kier alpha value is -4.47. The minimum atomic E-state index is -4.08. The van der Waals surface area contributed by atoms with Crippen LogP contribution in [0.15, 0.2) is 102 Å². The standard InChI is InChI=1S/C30H27NO7S/c1-19(2)38-30(35)23-12-6-10-21(16-23)22-11-7-13-25(17-22)39(36,37)31-24-14-15-26(27(32)18-24)29(34)28(33)20-8-4-3-5-9-20/h3-19,29,31-32,34H,1-2H3. The maximum atomic E-state index is 13.1. The summed E-state index contributed by atoms with van der Waals surface area (Å²) in [6.45, 7) is 3.51. The van der Waals surface area contributed by atoms with Gasteiger partial charge < -0.3 is 14.9 Å². The molecular weight excluding hydrogens is 518 g/mol. The van der Waals surface area contributed by atoms with Crippen molar-refractivity contribution in [1.29, 1.82) is 0 Å². The summed E-state index contributed by atoms with van der Waals surface area (Å²) in [4.78, 5) is 24.8. The Kier molecular flexibility index (Phi) is 8.13. The molecule has 200 valence electrons. The summed E-state index contributed by atoms with van der Waals surface area (Å²) in [7, 11) is -4.08. The number of hydrogen-bond acceptors (Lipinski definition) is 7. The van der Waals surface area contributed by atoms with Crippen molar-refractivity contribution in [2.75, 3.05) is 4.72 Å². The van der Waals surface area contributed by atoms with Crippen molar-refractivity contribution in [2.45, 2.75) is 31.0 Å². The Balaban J connectivity index is 1.55. The summed E-state index contributed by atoms with van der Waals surface area (Å²) < 4.78 is 33.9. The van der Waals surface area contributed by atoms with E-state index in [4.69, 9.17) is 4.74 Å². The molecule has 4 aromatic rings. The number of phenols is 1. The van der Waals surface area contributed by atoms with Gasteiger partial charge in [-0.05, 0) is 55.3 Å². The molecular formula is C30H27NO7S. The number of ketones is 1. The van der Waals surface area contributed by atoms with Crippen LogP contribution in [0.3, 0.4) is 0 Å². The van der Waals surface area contributed by atoms with Crippen LogP contribution < -0.4 is 4.72 Å². The van der Waals surface area contributed by atoms with Crippen LogP contribution >= 0.6 is 0 Å². The third-order valence-corrected chi connectivity index (χ3v) is 7.18. The number of phenolic OH excluding ortho intramolecular Hbond substituents is 1. The van der Waals surface area contributed by atoms with E-state index in [0.717, 1.165) is 6.07 Å². The fraction of sp³-hybridized carbons (Fsp3) is 0.133. The molecule has 0 fully saturated rings. The molecule has 0 heterocycles. The lowest BCUT2D eigenvalue weighted by molar-refractivity contribution is 0.0378. The maximum absolute atomic E-state index is 13.1. The van der Waals surface area contributed by atoms with Gasteiger partial charge in [0.1, 0.15) is 11.9 Å². The third-order valence-electron chi connectivity index (χ3n) is 5.80. The van der Waals surface area contributed by atoms with Gasteiger partial charge in [0.25, 0.3) is 10.0 Å². The fourth-order valence-electron chi connectivity index (χ4n) is 3.90. The second kappa shape index (κ2) is 11.5. The number of carbonyl (C=O) groups excluding carboxylic acids is 2. The van der Waals surface area contributed by atoms with E-state index in [1.807, 2.05) is 0 Å². The van der Waals surface area contributed by atoms with Crippen molar-refractivity contribution < 1.29 is 33.0 Å². The van der Waals surface area contributed by atoms with Crippen LogP contribution in [0.4, 0.5) is 5.69 Å². The lowest BCUT2D eigenvalue weighted by Gasteiger charge is -2.14. The largest absolute Gasteiger partial charge is 0.507 e. The highest BCUT2D eigenvalue weighted by atomic mass is 32.2. The average Bonchev–Trinajstić information content (AvgIpc) is 2.92. The molecule has 8 nitrogen and oxygen atoms in total. The fourth-order valence-corrected chi connectivity index (χ4v) is 5.00. The zero-order chi connectivity index (χ0) is 28.2. The second-order valence-electron chi connectivity index (χ2n) is 9.07. The van der Waals surface area contributed by atoms with Gasteiger partial charge in [-0.25, -0.2) is 13.2 Å². The summed E-state index contributed by atoms with van der Waals surface area (Å²) in [6, 6.07) is 24.8. The monoisotopic (exact) mass is 545 g/mol. The Morgan fingerprint density at radius 1 is 0.795 bits per heavy atom. The zero-order valence-corrected chi connectivity index (χ0v) is 22.1. The number of ether oxygens (including phenoxy) is 1. The summed E-state index contributed by atoms with van der Waals surface area (Å²) >= 11 is 0. The highest BCUT2D eigenvalue weighted by molar-refractivity contribution is 7.92. The maximum Gasteiger partial charge on any atom is 0.338 e. The number of aliphatic hydroxyl groups excluding tert-OH is 1. The molecule has 1 unspecified atom stereocenters. The molecule has 0 aliphatic carbocycles. The molecule has 0 aliphatic heterocycles. The van der Waals surface area contributed by atoms with Crippen molar-refractivity contribution in [3.05, 3.63) is 114 Å². The van der Waals surface area contributed by atoms with E-state index >= 15 is 0 Å². The number of esters is 1. The summed E-state index contributed by atoms with van der Waals surface area (Å²) in [6.07, 6.45) is -1.90. The van der Waals surface area contributed by atoms with Crippen molar-refractivity contribution in [3.8, 4) is 16.9 Å². The summed E-state index contributed by atoms with van der Waals surface area (Å²) in [5, 5.41) is 20.9. The van der Waals surface area contributed by atoms with Gasteiger partial charge in [-0.2, -0.15) is 0 Å². The van der Waals surface area contributed by atoms with Crippen LogP contribution in [0.25, 0.3) is 11.1 Å². The lowest BCUT2D eigenvalue weighted by atomic mass is 9.99. The van der Waals surface area contributed by atoms with Crippen molar-refractivity contribution in [2.24, 2.45) is 0 Å². The summed E-state index contributed by atoms with van der Waals surface area (Å²) in [5.41, 5.74) is 1.80. The second-order valence-corrected chi connectivity index (χ2v) is 10.8. The number of anilines is 1. The van der Waals surface area contributed by atoms with Crippen molar-refractivity contribution >= 4 is 27.5 Å². The highest BCUT2D eigenvalue weighted by Crippen LogP contribution is 2.31. The number of sulfonamides is 1. The number of aromatic hydroxyl groups is 1. The molecule has 0 radical (unpaired) electrons. The molecule has 4 aromatic carbocycles. The average molecular weight is 546 g/mol. The predicted molar refractivity (Wildman–Crippen MR) is 147 cm³/mol.